The summed E-state index contributed by atoms with van der Waals surface area (Å²) in [7, 11) is -7.70. The van der Waals surface area contributed by atoms with Gasteiger partial charge in [-0.2, -0.15) is 4.31 Å². The minimum atomic E-state index is -4.02. The molecule has 2 aromatic rings. The highest BCUT2D eigenvalue weighted by molar-refractivity contribution is 7.92. The average molecular weight is 401 g/mol. The quantitative estimate of drug-likeness (QED) is 0.739. The molecule has 0 unspecified atom stereocenters. The first kappa shape index (κ1) is 18.9. The molecule has 1 aliphatic rings. The van der Waals surface area contributed by atoms with Crippen LogP contribution in [-0.2, 0) is 19.9 Å². The summed E-state index contributed by atoms with van der Waals surface area (Å²) in [5.74, 6) is -1.37. The number of hydrogen-bond donors (Lipinski definition) is 0. The zero-order chi connectivity index (χ0) is 18.9. The highest BCUT2D eigenvalue weighted by atomic mass is 32.2. The first-order valence-electron chi connectivity index (χ1n) is 7.97. The van der Waals surface area contributed by atoms with Crippen LogP contribution in [-0.4, -0.2) is 39.5 Å². The molecule has 5 nitrogen and oxygen atoms in total. The molecule has 0 spiro atoms. The molecule has 2 aromatic carbocycles. The van der Waals surface area contributed by atoms with E-state index in [0.29, 0.717) is 0 Å². The van der Waals surface area contributed by atoms with Crippen molar-refractivity contribution in [2.75, 3.05) is 13.1 Å². The first-order chi connectivity index (χ1) is 12.2. The first-order valence-corrected chi connectivity index (χ1v) is 11.0. The molecule has 0 amide bonds. The number of piperidine rings is 1. The van der Waals surface area contributed by atoms with Crippen molar-refractivity contribution in [2.24, 2.45) is 0 Å². The maximum Gasteiger partial charge on any atom is 0.245 e. The second kappa shape index (κ2) is 7.05. The molecule has 0 bridgehead atoms. The molecule has 0 radical (unpaired) electrons. The van der Waals surface area contributed by atoms with E-state index in [-0.39, 0.29) is 30.8 Å². The number of benzene rings is 2. The third-order valence-corrected chi connectivity index (χ3v) is 8.65. The number of nitrogens with zero attached hydrogens (tertiary/aromatic N) is 1. The van der Waals surface area contributed by atoms with Crippen molar-refractivity contribution in [3.63, 3.8) is 0 Å². The molecule has 1 heterocycles. The van der Waals surface area contributed by atoms with Gasteiger partial charge in [0.15, 0.2) is 9.84 Å². The third kappa shape index (κ3) is 3.51. The van der Waals surface area contributed by atoms with E-state index >= 15 is 0 Å². The maximum atomic E-state index is 13.8. The fourth-order valence-electron chi connectivity index (χ4n) is 2.99. The predicted octanol–water partition coefficient (Wildman–Crippen LogP) is 2.59. The lowest BCUT2D eigenvalue weighted by molar-refractivity contribution is 0.344. The summed E-state index contributed by atoms with van der Waals surface area (Å²) in [4.78, 5) is -0.408. The van der Waals surface area contributed by atoms with E-state index < -0.39 is 41.6 Å². The Morgan fingerprint density at radius 3 is 2.00 bits per heavy atom. The van der Waals surface area contributed by atoms with Crippen LogP contribution in [0.15, 0.2) is 58.3 Å². The Bertz CT molecular complexity index is 997. The minimum Gasteiger partial charge on any atom is -0.223 e. The van der Waals surface area contributed by atoms with Gasteiger partial charge < -0.3 is 0 Å². The van der Waals surface area contributed by atoms with Crippen LogP contribution in [0.25, 0.3) is 0 Å². The monoisotopic (exact) mass is 401 g/mol. The SMILES string of the molecule is O=S(=O)(c1ccc(F)cc1)C1CCN(S(=O)(=O)c2ccccc2F)CC1. The Morgan fingerprint density at radius 1 is 0.846 bits per heavy atom. The fraction of sp³-hybridized carbons (Fsp3) is 0.294. The van der Waals surface area contributed by atoms with Crippen LogP contribution in [0.5, 0.6) is 0 Å². The van der Waals surface area contributed by atoms with Crippen LogP contribution in [0, 0.1) is 11.6 Å². The van der Waals surface area contributed by atoms with Crippen LogP contribution >= 0.6 is 0 Å². The van der Waals surface area contributed by atoms with Gasteiger partial charge in [-0.05, 0) is 49.2 Å². The summed E-state index contributed by atoms with van der Waals surface area (Å²) in [6.45, 7) is -0.0521. The van der Waals surface area contributed by atoms with Crippen molar-refractivity contribution < 1.29 is 25.6 Å². The molecule has 1 aliphatic heterocycles. The topological polar surface area (TPSA) is 71.5 Å². The van der Waals surface area contributed by atoms with Crippen LogP contribution in [0.1, 0.15) is 12.8 Å². The molecule has 26 heavy (non-hydrogen) atoms. The zero-order valence-corrected chi connectivity index (χ0v) is 15.3. The molecule has 1 saturated heterocycles. The van der Waals surface area contributed by atoms with E-state index in [1.165, 1.54) is 30.3 Å². The highest BCUT2D eigenvalue weighted by Crippen LogP contribution is 2.28. The Labute approximate surface area is 151 Å². The Balaban J connectivity index is 1.77. The number of sulfone groups is 1. The van der Waals surface area contributed by atoms with Crippen molar-refractivity contribution >= 4 is 19.9 Å². The third-order valence-electron chi connectivity index (χ3n) is 4.44. The lowest BCUT2D eigenvalue weighted by Crippen LogP contribution is -2.42. The van der Waals surface area contributed by atoms with Crippen LogP contribution in [0.2, 0.25) is 0 Å². The van der Waals surface area contributed by atoms with E-state index in [1.807, 2.05) is 0 Å². The summed E-state index contributed by atoms with van der Waals surface area (Å²) in [5.41, 5.74) is 0. The molecule has 1 fully saturated rings. The van der Waals surface area contributed by atoms with Gasteiger partial charge in [-0.25, -0.2) is 25.6 Å². The van der Waals surface area contributed by atoms with E-state index in [2.05, 4.69) is 0 Å². The molecule has 0 aliphatic carbocycles. The van der Waals surface area contributed by atoms with E-state index in [9.17, 15) is 25.6 Å². The highest BCUT2D eigenvalue weighted by Gasteiger charge is 2.36. The van der Waals surface area contributed by atoms with Gasteiger partial charge >= 0.3 is 0 Å². The summed E-state index contributed by atoms with van der Waals surface area (Å²) in [5, 5.41) is -0.764. The van der Waals surface area contributed by atoms with Gasteiger partial charge in [0, 0.05) is 13.1 Å². The zero-order valence-electron chi connectivity index (χ0n) is 13.7. The van der Waals surface area contributed by atoms with Gasteiger partial charge in [0.25, 0.3) is 0 Å². The van der Waals surface area contributed by atoms with Crippen molar-refractivity contribution in [3.8, 4) is 0 Å². The van der Waals surface area contributed by atoms with Gasteiger partial charge in [0.1, 0.15) is 16.5 Å². The van der Waals surface area contributed by atoms with E-state index in [0.717, 1.165) is 22.5 Å². The molecule has 3 rings (SSSR count). The van der Waals surface area contributed by atoms with Crippen molar-refractivity contribution in [3.05, 3.63) is 60.2 Å². The van der Waals surface area contributed by atoms with Crippen LogP contribution in [0.3, 0.4) is 0 Å². The van der Waals surface area contributed by atoms with Crippen LogP contribution in [0.4, 0.5) is 8.78 Å². The van der Waals surface area contributed by atoms with Gasteiger partial charge in [0.2, 0.25) is 10.0 Å². The molecule has 0 saturated carbocycles. The molecule has 0 N–H and O–H groups in total. The number of rotatable bonds is 4. The standard InChI is InChI=1S/C17H17F2NO4S2/c18-13-5-7-14(8-6-13)25(21,22)15-9-11-20(12-10-15)26(23,24)17-4-2-1-3-16(17)19/h1-8,15H,9-12H2. The average Bonchev–Trinajstić information content (AvgIpc) is 2.62. The molecular formula is C17H17F2NO4S2. The molecule has 0 aromatic heterocycles. The van der Waals surface area contributed by atoms with Crippen LogP contribution < -0.4 is 0 Å². The van der Waals surface area contributed by atoms with Crippen molar-refractivity contribution in [1.29, 1.82) is 0 Å². The predicted molar refractivity (Wildman–Crippen MR) is 91.8 cm³/mol. The molecule has 140 valence electrons. The molecule has 0 atom stereocenters. The lowest BCUT2D eigenvalue weighted by atomic mass is 10.2. The second-order valence-electron chi connectivity index (χ2n) is 6.03. The lowest BCUT2D eigenvalue weighted by Gasteiger charge is -2.31. The summed E-state index contributed by atoms with van der Waals surface area (Å²) in [6.07, 6.45) is 0.181. The number of hydrogen-bond acceptors (Lipinski definition) is 4. The second-order valence-corrected chi connectivity index (χ2v) is 10.2. The summed E-state index contributed by atoms with van der Waals surface area (Å²) in [6, 6.07) is 9.64. The number of sulfonamides is 1. The van der Waals surface area contributed by atoms with E-state index in [1.54, 1.807) is 0 Å². The summed E-state index contributed by atoms with van der Waals surface area (Å²) < 4.78 is 78.3. The Kier molecular flexibility index (Phi) is 5.14. The smallest absolute Gasteiger partial charge is 0.223 e. The normalized spacial score (nSPS) is 17.3. The van der Waals surface area contributed by atoms with Gasteiger partial charge in [-0.3, -0.25) is 0 Å². The molecule has 9 heteroatoms. The minimum absolute atomic E-state index is 0.00862. The Hall–Kier alpha value is -1.84. The van der Waals surface area contributed by atoms with Gasteiger partial charge in [-0.1, -0.05) is 12.1 Å². The van der Waals surface area contributed by atoms with Gasteiger partial charge in [-0.15, -0.1) is 0 Å². The largest absolute Gasteiger partial charge is 0.245 e. The van der Waals surface area contributed by atoms with Crippen molar-refractivity contribution in [1.82, 2.24) is 4.31 Å². The summed E-state index contributed by atoms with van der Waals surface area (Å²) >= 11 is 0. The van der Waals surface area contributed by atoms with Crippen molar-refractivity contribution in [2.45, 2.75) is 27.9 Å². The van der Waals surface area contributed by atoms with Gasteiger partial charge in [0.05, 0.1) is 10.1 Å². The fourth-order valence-corrected chi connectivity index (χ4v) is 6.26. The van der Waals surface area contributed by atoms with E-state index in [4.69, 9.17) is 0 Å². The Morgan fingerprint density at radius 2 is 1.42 bits per heavy atom. The molecular weight excluding hydrogens is 384 g/mol. The number of halogens is 2. The maximum absolute atomic E-state index is 13.8.